The monoisotopic (exact) mass is 318 g/mol. The van der Waals surface area contributed by atoms with E-state index in [9.17, 15) is 9.18 Å². The zero-order chi connectivity index (χ0) is 16.3. The number of carbonyl (C=O) groups excluding carboxylic acids is 1. The van der Waals surface area contributed by atoms with Crippen LogP contribution in [0.5, 0.6) is 0 Å². The number of hydrogen-bond acceptors (Lipinski definition) is 3. The lowest BCUT2D eigenvalue weighted by Gasteiger charge is -2.46. The standard InChI is InChI=1S/C18H23FN2O2/c1-2-9-21-14-18(23-13-17(21)22)7-10-20(11-8-18)12-15-3-5-16(19)6-4-15/h2-6H,1,7-14H2. The molecule has 0 unspecified atom stereocenters. The van der Waals surface area contributed by atoms with E-state index in [2.05, 4.69) is 11.5 Å². The Kier molecular flexibility index (Phi) is 4.78. The van der Waals surface area contributed by atoms with Crippen molar-refractivity contribution in [2.24, 2.45) is 0 Å². The molecule has 124 valence electrons. The zero-order valence-electron chi connectivity index (χ0n) is 13.3. The molecule has 0 aromatic heterocycles. The summed E-state index contributed by atoms with van der Waals surface area (Å²) in [5.41, 5.74) is 0.909. The molecule has 1 amide bonds. The summed E-state index contributed by atoms with van der Waals surface area (Å²) in [6.45, 7) is 7.81. The highest BCUT2D eigenvalue weighted by atomic mass is 19.1. The molecule has 0 N–H and O–H groups in total. The number of piperidine rings is 1. The van der Waals surface area contributed by atoms with Gasteiger partial charge in [0.25, 0.3) is 0 Å². The van der Waals surface area contributed by atoms with Gasteiger partial charge in [0, 0.05) is 26.2 Å². The first-order valence-corrected chi connectivity index (χ1v) is 8.10. The molecule has 4 nitrogen and oxygen atoms in total. The maximum Gasteiger partial charge on any atom is 0.248 e. The molecular weight excluding hydrogens is 295 g/mol. The number of ether oxygens (including phenoxy) is 1. The summed E-state index contributed by atoms with van der Waals surface area (Å²) in [6, 6.07) is 6.68. The van der Waals surface area contributed by atoms with Crippen LogP contribution in [0.1, 0.15) is 18.4 Å². The van der Waals surface area contributed by atoms with E-state index >= 15 is 0 Å². The summed E-state index contributed by atoms with van der Waals surface area (Å²) < 4.78 is 18.9. The molecule has 1 aromatic rings. The van der Waals surface area contributed by atoms with E-state index in [1.165, 1.54) is 12.1 Å². The van der Waals surface area contributed by atoms with E-state index in [0.29, 0.717) is 13.1 Å². The fraction of sp³-hybridized carbons (Fsp3) is 0.500. The minimum absolute atomic E-state index is 0.0456. The number of hydrogen-bond donors (Lipinski definition) is 0. The summed E-state index contributed by atoms with van der Waals surface area (Å²) in [4.78, 5) is 16.1. The van der Waals surface area contributed by atoms with Crippen molar-refractivity contribution < 1.29 is 13.9 Å². The van der Waals surface area contributed by atoms with Gasteiger partial charge in [-0.3, -0.25) is 9.69 Å². The van der Waals surface area contributed by atoms with E-state index in [4.69, 9.17) is 4.74 Å². The number of amides is 1. The Morgan fingerprint density at radius 3 is 2.61 bits per heavy atom. The van der Waals surface area contributed by atoms with Crippen LogP contribution < -0.4 is 0 Å². The smallest absolute Gasteiger partial charge is 0.248 e. The van der Waals surface area contributed by atoms with Crippen molar-refractivity contribution in [1.82, 2.24) is 9.80 Å². The van der Waals surface area contributed by atoms with Gasteiger partial charge in [0.2, 0.25) is 5.91 Å². The average Bonchev–Trinajstić information content (AvgIpc) is 2.56. The number of carbonyl (C=O) groups is 1. The maximum atomic E-state index is 13.0. The minimum Gasteiger partial charge on any atom is -0.363 e. The average molecular weight is 318 g/mol. The van der Waals surface area contributed by atoms with Gasteiger partial charge in [0.15, 0.2) is 0 Å². The van der Waals surface area contributed by atoms with E-state index in [0.717, 1.165) is 38.0 Å². The highest BCUT2D eigenvalue weighted by Gasteiger charge is 2.41. The lowest BCUT2D eigenvalue weighted by Crippen LogP contribution is -2.58. The molecule has 0 atom stereocenters. The zero-order valence-corrected chi connectivity index (χ0v) is 13.3. The number of benzene rings is 1. The molecule has 1 spiro atoms. The van der Waals surface area contributed by atoms with Gasteiger partial charge in [-0.15, -0.1) is 6.58 Å². The Morgan fingerprint density at radius 2 is 1.96 bits per heavy atom. The minimum atomic E-state index is -0.212. The molecular formula is C18H23FN2O2. The number of nitrogens with zero attached hydrogens (tertiary/aromatic N) is 2. The predicted molar refractivity (Wildman–Crippen MR) is 86.4 cm³/mol. The summed E-state index contributed by atoms with van der Waals surface area (Å²) >= 11 is 0. The summed E-state index contributed by atoms with van der Waals surface area (Å²) in [5.74, 6) is -0.154. The number of halogens is 1. The first-order chi connectivity index (χ1) is 11.1. The van der Waals surface area contributed by atoms with Gasteiger partial charge in [-0.25, -0.2) is 4.39 Å². The van der Waals surface area contributed by atoms with Crippen LogP contribution in [0.15, 0.2) is 36.9 Å². The maximum absolute atomic E-state index is 13.0. The highest BCUT2D eigenvalue weighted by Crippen LogP contribution is 2.31. The summed E-state index contributed by atoms with van der Waals surface area (Å²) in [5, 5.41) is 0. The SMILES string of the molecule is C=CCN1CC2(CCN(Cc3ccc(F)cc3)CC2)OCC1=O. The van der Waals surface area contributed by atoms with Crippen LogP contribution in [0, 0.1) is 5.82 Å². The fourth-order valence-electron chi connectivity index (χ4n) is 3.38. The van der Waals surface area contributed by atoms with Gasteiger partial charge in [-0.05, 0) is 30.5 Å². The topological polar surface area (TPSA) is 32.8 Å². The van der Waals surface area contributed by atoms with E-state index in [1.54, 1.807) is 6.08 Å². The number of morpholine rings is 1. The molecule has 0 aliphatic carbocycles. The first kappa shape index (κ1) is 16.1. The molecule has 2 fully saturated rings. The third kappa shape index (κ3) is 3.79. The Hall–Kier alpha value is -1.72. The van der Waals surface area contributed by atoms with Crippen LogP contribution in [0.4, 0.5) is 4.39 Å². The van der Waals surface area contributed by atoms with Crippen molar-refractivity contribution in [3.63, 3.8) is 0 Å². The summed E-state index contributed by atoms with van der Waals surface area (Å²) in [7, 11) is 0. The molecule has 0 radical (unpaired) electrons. The lowest BCUT2D eigenvalue weighted by atomic mass is 9.89. The normalized spacial score (nSPS) is 21.6. The van der Waals surface area contributed by atoms with Gasteiger partial charge >= 0.3 is 0 Å². The molecule has 3 rings (SSSR count). The second-order valence-corrected chi connectivity index (χ2v) is 6.44. The molecule has 0 saturated carbocycles. The Labute approximate surface area is 136 Å². The van der Waals surface area contributed by atoms with Crippen LogP contribution in [-0.4, -0.2) is 54.1 Å². The molecule has 2 aliphatic rings. The van der Waals surface area contributed by atoms with Crippen LogP contribution in [-0.2, 0) is 16.1 Å². The molecule has 23 heavy (non-hydrogen) atoms. The number of rotatable bonds is 4. The Balaban J connectivity index is 1.56. The van der Waals surface area contributed by atoms with Gasteiger partial charge < -0.3 is 9.64 Å². The molecule has 2 heterocycles. The van der Waals surface area contributed by atoms with E-state index in [1.807, 2.05) is 17.0 Å². The largest absolute Gasteiger partial charge is 0.363 e. The number of likely N-dealkylation sites (tertiary alicyclic amines) is 1. The van der Waals surface area contributed by atoms with Crippen LogP contribution >= 0.6 is 0 Å². The van der Waals surface area contributed by atoms with Crippen molar-refractivity contribution in [1.29, 1.82) is 0 Å². The van der Waals surface area contributed by atoms with Crippen molar-refractivity contribution in [3.8, 4) is 0 Å². The lowest BCUT2D eigenvalue weighted by molar-refractivity contribution is -0.170. The summed E-state index contributed by atoms with van der Waals surface area (Å²) in [6.07, 6.45) is 3.59. The van der Waals surface area contributed by atoms with Gasteiger partial charge in [0.1, 0.15) is 12.4 Å². The van der Waals surface area contributed by atoms with Crippen LogP contribution in [0.3, 0.4) is 0 Å². The highest BCUT2D eigenvalue weighted by molar-refractivity contribution is 5.78. The van der Waals surface area contributed by atoms with Gasteiger partial charge in [0.05, 0.1) is 12.1 Å². The Bertz CT molecular complexity index is 565. The van der Waals surface area contributed by atoms with Crippen molar-refractivity contribution in [3.05, 3.63) is 48.3 Å². The Morgan fingerprint density at radius 1 is 1.26 bits per heavy atom. The first-order valence-electron chi connectivity index (χ1n) is 8.10. The van der Waals surface area contributed by atoms with Crippen molar-refractivity contribution >= 4 is 5.91 Å². The fourth-order valence-corrected chi connectivity index (χ4v) is 3.38. The molecule has 1 aromatic carbocycles. The van der Waals surface area contributed by atoms with E-state index < -0.39 is 0 Å². The molecule has 0 bridgehead atoms. The van der Waals surface area contributed by atoms with Crippen LogP contribution in [0.25, 0.3) is 0 Å². The third-order valence-corrected chi connectivity index (χ3v) is 4.77. The van der Waals surface area contributed by atoms with Gasteiger partial charge in [-0.2, -0.15) is 0 Å². The second kappa shape index (κ2) is 6.81. The van der Waals surface area contributed by atoms with Crippen molar-refractivity contribution in [2.45, 2.75) is 25.0 Å². The van der Waals surface area contributed by atoms with Gasteiger partial charge in [-0.1, -0.05) is 18.2 Å². The molecule has 2 saturated heterocycles. The molecule has 2 aliphatic heterocycles. The quantitative estimate of drug-likeness (QED) is 0.798. The molecule has 5 heteroatoms. The van der Waals surface area contributed by atoms with Crippen LogP contribution in [0.2, 0.25) is 0 Å². The second-order valence-electron chi connectivity index (χ2n) is 6.44. The predicted octanol–water partition coefficient (Wildman–Crippen LogP) is 2.21. The van der Waals surface area contributed by atoms with E-state index in [-0.39, 0.29) is 23.9 Å². The third-order valence-electron chi connectivity index (χ3n) is 4.77. The van der Waals surface area contributed by atoms with Crippen molar-refractivity contribution in [2.75, 3.05) is 32.8 Å².